The number of carbonyl (C=O) groups excluding carboxylic acids is 1. The van der Waals surface area contributed by atoms with Gasteiger partial charge >= 0.3 is 17.8 Å². The van der Waals surface area contributed by atoms with Crippen molar-refractivity contribution in [1.29, 1.82) is 0 Å². The van der Waals surface area contributed by atoms with Crippen LogP contribution in [0.3, 0.4) is 0 Å². The van der Waals surface area contributed by atoms with E-state index in [0.29, 0.717) is 5.52 Å². The number of benzene rings is 1. The van der Waals surface area contributed by atoms with Gasteiger partial charge in [-0.2, -0.15) is 8.78 Å². The molecule has 0 spiro atoms. The van der Waals surface area contributed by atoms with E-state index < -0.39 is 36.8 Å². The maximum absolute atomic E-state index is 13.9. The van der Waals surface area contributed by atoms with Crippen LogP contribution in [-0.4, -0.2) is 17.1 Å². The van der Waals surface area contributed by atoms with Crippen LogP contribution in [0.4, 0.5) is 13.2 Å². The quantitative estimate of drug-likeness (QED) is 0.862. The van der Waals surface area contributed by atoms with Crippen LogP contribution in [0.15, 0.2) is 27.4 Å². The first-order valence-corrected chi connectivity index (χ1v) is 6.11. The van der Waals surface area contributed by atoms with Crippen LogP contribution in [-0.2, 0) is 9.53 Å². The Balaban J connectivity index is 2.06. The van der Waals surface area contributed by atoms with Crippen molar-refractivity contribution in [3.05, 3.63) is 34.3 Å². The van der Waals surface area contributed by atoms with Gasteiger partial charge in [0.05, 0.1) is 11.9 Å². The number of ether oxygens (including phenoxy) is 1. The molecule has 0 radical (unpaired) electrons. The molecule has 2 aromatic rings. The van der Waals surface area contributed by atoms with E-state index in [2.05, 4.69) is 9.72 Å². The first-order chi connectivity index (χ1) is 9.77. The summed E-state index contributed by atoms with van der Waals surface area (Å²) in [6.07, 6.45) is -6.89. The molecule has 2 rings (SSSR count). The highest BCUT2D eigenvalue weighted by molar-refractivity contribution is 5.72. The van der Waals surface area contributed by atoms with E-state index in [4.69, 9.17) is 4.42 Å². The monoisotopic (exact) mass is 303 g/mol. The van der Waals surface area contributed by atoms with Crippen molar-refractivity contribution in [1.82, 2.24) is 4.98 Å². The number of fused-ring (bicyclic) bond motifs is 1. The molecule has 1 unspecified atom stereocenters. The molecule has 1 aromatic heterocycles. The van der Waals surface area contributed by atoms with Gasteiger partial charge in [0.1, 0.15) is 6.17 Å². The third kappa shape index (κ3) is 3.87. The second-order valence-corrected chi connectivity index (χ2v) is 4.51. The maximum atomic E-state index is 13.9. The molecule has 0 saturated carbocycles. The molecule has 1 heterocycles. The number of oxazole rings is 1. The Morgan fingerprint density at radius 3 is 2.86 bits per heavy atom. The summed E-state index contributed by atoms with van der Waals surface area (Å²) in [6.45, 7) is 0.850. The number of aromatic amines is 1. The van der Waals surface area contributed by atoms with E-state index in [1.165, 1.54) is 18.2 Å². The number of H-pyrrole nitrogens is 1. The fraction of sp³-hybridized carbons (Fsp3) is 0.385. The molecular weight excluding hydrogens is 291 g/mol. The van der Waals surface area contributed by atoms with Crippen LogP contribution in [0.2, 0.25) is 0 Å². The Kier molecular flexibility index (Phi) is 4.06. The molecular formula is C13H12F3NO4. The van der Waals surface area contributed by atoms with Crippen molar-refractivity contribution < 1.29 is 27.1 Å². The van der Waals surface area contributed by atoms with Crippen LogP contribution in [0.25, 0.3) is 11.1 Å². The Bertz CT molecular complexity index is 707. The maximum Gasteiger partial charge on any atom is 0.417 e. The first-order valence-electron chi connectivity index (χ1n) is 6.11. The first kappa shape index (κ1) is 15.1. The molecule has 1 aromatic carbocycles. The lowest BCUT2D eigenvalue weighted by atomic mass is 10.1. The van der Waals surface area contributed by atoms with Crippen LogP contribution in [0.1, 0.15) is 31.5 Å². The summed E-state index contributed by atoms with van der Waals surface area (Å²) in [5, 5.41) is 0. The van der Waals surface area contributed by atoms with Gasteiger partial charge < -0.3 is 9.15 Å². The van der Waals surface area contributed by atoms with Crippen LogP contribution in [0.5, 0.6) is 0 Å². The lowest BCUT2D eigenvalue weighted by molar-refractivity contribution is -0.235. The van der Waals surface area contributed by atoms with Crippen LogP contribution < -0.4 is 5.76 Å². The second-order valence-electron chi connectivity index (χ2n) is 4.51. The van der Waals surface area contributed by atoms with Gasteiger partial charge in [-0.05, 0) is 24.1 Å². The zero-order valence-corrected chi connectivity index (χ0v) is 11.0. The predicted octanol–water partition coefficient (Wildman–Crippen LogP) is 3.07. The van der Waals surface area contributed by atoms with Crippen LogP contribution in [0, 0.1) is 0 Å². The van der Waals surface area contributed by atoms with Gasteiger partial charge in [-0.1, -0.05) is 6.07 Å². The number of alkyl halides is 3. The highest BCUT2D eigenvalue weighted by atomic mass is 19.3. The Morgan fingerprint density at radius 1 is 1.48 bits per heavy atom. The Hall–Kier alpha value is -2.25. The van der Waals surface area contributed by atoms with Gasteiger partial charge in [0, 0.05) is 6.92 Å². The Labute approximate surface area is 116 Å². The van der Waals surface area contributed by atoms with E-state index in [1.54, 1.807) is 0 Å². The number of carbonyl (C=O) groups is 1. The fourth-order valence-corrected chi connectivity index (χ4v) is 1.88. The summed E-state index contributed by atoms with van der Waals surface area (Å²) in [5.74, 6) is -1.81. The van der Waals surface area contributed by atoms with Gasteiger partial charge in [0.25, 0.3) is 0 Å². The third-order valence-corrected chi connectivity index (χ3v) is 2.79. The predicted molar refractivity (Wildman–Crippen MR) is 66.6 cm³/mol. The number of esters is 1. The van der Waals surface area contributed by atoms with E-state index >= 15 is 0 Å². The highest BCUT2D eigenvalue weighted by Gasteiger charge is 2.33. The third-order valence-electron chi connectivity index (χ3n) is 2.79. The van der Waals surface area contributed by atoms with Gasteiger partial charge in [-0.3, -0.25) is 9.78 Å². The van der Waals surface area contributed by atoms with E-state index in [-0.39, 0.29) is 11.1 Å². The molecule has 21 heavy (non-hydrogen) atoms. The summed E-state index contributed by atoms with van der Waals surface area (Å²) in [7, 11) is 0. The minimum atomic E-state index is -3.71. The zero-order chi connectivity index (χ0) is 15.6. The molecule has 0 fully saturated rings. The normalized spacial score (nSPS) is 13.3. The molecule has 0 aliphatic rings. The lowest BCUT2D eigenvalue weighted by Gasteiger charge is -2.16. The number of halogens is 3. The molecule has 0 bridgehead atoms. The highest BCUT2D eigenvalue weighted by Crippen LogP contribution is 2.31. The molecule has 0 aliphatic carbocycles. The summed E-state index contributed by atoms with van der Waals surface area (Å²) in [5.41, 5.74) is 0.636. The molecule has 5 nitrogen and oxygen atoms in total. The largest absolute Gasteiger partial charge is 0.417 e. The topological polar surface area (TPSA) is 72.3 Å². The molecule has 0 aliphatic heterocycles. The number of hydrogen-bond acceptors (Lipinski definition) is 4. The molecule has 1 N–H and O–H groups in total. The smallest absolute Gasteiger partial charge is 0.408 e. The average molecular weight is 303 g/mol. The van der Waals surface area contributed by atoms with Crippen molar-refractivity contribution in [2.24, 2.45) is 0 Å². The SMILES string of the molecule is CC(=O)OC(F)(F)CCC(F)c1ccc2[nH]c(=O)oc2c1. The summed E-state index contributed by atoms with van der Waals surface area (Å²) >= 11 is 0. The number of aromatic nitrogens is 1. The van der Waals surface area contributed by atoms with Gasteiger partial charge in [-0.15, -0.1) is 0 Å². The van der Waals surface area contributed by atoms with Crippen molar-refractivity contribution in [2.75, 3.05) is 0 Å². The summed E-state index contributed by atoms with van der Waals surface area (Å²) in [4.78, 5) is 23.8. The number of rotatable bonds is 5. The van der Waals surface area contributed by atoms with Crippen molar-refractivity contribution in [3.8, 4) is 0 Å². The van der Waals surface area contributed by atoms with Gasteiger partial charge in [-0.25, -0.2) is 9.18 Å². The van der Waals surface area contributed by atoms with Crippen molar-refractivity contribution in [2.45, 2.75) is 32.0 Å². The number of hydrogen-bond donors (Lipinski definition) is 1. The van der Waals surface area contributed by atoms with E-state index in [1.807, 2.05) is 0 Å². The van der Waals surface area contributed by atoms with Crippen LogP contribution >= 0.6 is 0 Å². The standard InChI is InChI=1S/C13H12F3NO4/c1-7(18)21-13(15,16)5-4-9(14)8-2-3-10-11(6-8)20-12(19)17-10/h2-3,6,9H,4-5H2,1H3,(H,17,19). The molecule has 1 atom stereocenters. The minimum absolute atomic E-state index is 0.101. The van der Waals surface area contributed by atoms with Crippen molar-refractivity contribution >= 4 is 17.1 Å². The summed E-state index contributed by atoms with van der Waals surface area (Å²) in [6, 6.07) is 4.05. The molecule has 0 saturated heterocycles. The van der Waals surface area contributed by atoms with Gasteiger partial charge in [0.15, 0.2) is 5.58 Å². The van der Waals surface area contributed by atoms with E-state index in [0.717, 1.165) is 6.92 Å². The molecule has 0 amide bonds. The minimum Gasteiger partial charge on any atom is -0.408 e. The zero-order valence-electron chi connectivity index (χ0n) is 11.0. The number of nitrogens with one attached hydrogen (secondary N) is 1. The lowest BCUT2D eigenvalue weighted by Crippen LogP contribution is -2.23. The molecule has 8 heteroatoms. The Morgan fingerprint density at radius 2 is 2.19 bits per heavy atom. The van der Waals surface area contributed by atoms with Crippen molar-refractivity contribution in [3.63, 3.8) is 0 Å². The fourth-order valence-electron chi connectivity index (χ4n) is 1.88. The molecule has 114 valence electrons. The van der Waals surface area contributed by atoms with E-state index in [9.17, 15) is 22.8 Å². The average Bonchev–Trinajstić information content (AvgIpc) is 2.73. The van der Waals surface area contributed by atoms with Gasteiger partial charge in [0.2, 0.25) is 0 Å². The second kappa shape index (κ2) is 5.63. The summed E-state index contributed by atoms with van der Waals surface area (Å²) < 4.78 is 48.8.